The average molecular weight is 342 g/mol. The van der Waals surface area contributed by atoms with Crippen molar-refractivity contribution in [2.24, 2.45) is 0 Å². The molecule has 0 bridgehead atoms. The highest BCUT2D eigenvalue weighted by Crippen LogP contribution is 2.40. The van der Waals surface area contributed by atoms with Crippen LogP contribution in [0.2, 0.25) is 0 Å². The SMILES string of the molecule is O=S(Oc1ccc(SC(F)(F)C(F)F)cc1)C(F)(F)F. The van der Waals surface area contributed by atoms with Crippen LogP contribution in [0.15, 0.2) is 29.2 Å². The summed E-state index contributed by atoms with van der Waals surface area (Å²) in [5.41, 5.74) is -5.09. The van der Waals surface area contributed by atoms with Gasteiger partial charge in [-0.15, -0.1) is 0 Å². The van der Waals surface area contributed by atoms with Crippen molar-refractivity contribution in [1.82, 2.24) is 0 Å². The second-order valence-corrected chi connectivity index (χ2v) is 5.52. The fraction of sp³-hybridized carbons (Fsp3) is 0.333. The Bertz CT molecular complexity index is 472. The topological polar surface area (TPSA) is 26.3 Å². The third kappa shape index (κ3) is 4.85. The zero-order valence-corrected chi connectivity index (χ0v) is 10.8. The summed E-state index contributed by atoms with van der Waals surface area (Å²) in [6.45, 7) is 0. The van der Waals surface area contributed by atoms with Crippen molar-refractivity contribution in [3.8, 4) is 5.75 Å². The summed E-state index contributed by atoms with van der Waals surface area (Å²) in [6, 6.07) is 3.33. The molecular formula is C9H5F7O2S2. The molecule has 114 valence electrons. The number of thioether (sulfide) groups is 1. The van der Waals surface area contributed by atoms with Crippen LogP contribution >= 0.6 is 11.8 Å². The van der Waals surface area contributed by atoms with Gasteiger partial charge in [0.2, 0.25) is 0 Å². The molecule has 1 aromatic carbocycles. The lowest BCUT2D eigenvalue weighted by Crippen LogP contribution is -2.21. The maximum absolute atomic E-state index is 12.7. The van der Waals surface area contributed by atoms with Crippen molar-refractivity contribution in [2.75, 3.05) is 0 Å². The summed E-state index contributed by atoms with van der Waals surface area (Å²) in [5.74, 6) is -0.495. The maximum Gasteiger partial charge on any atom is 0.508 e. The Morgan fingerprint density at radius 3 is 1.95 bits per heavy atom. The highest BCUT2D eigenvalue weighted by atomic mass is 32.2. The van der Waals surface area contributed by atoms with Gasteiger partial charge in [0.15, 0.2) is 0 Å². The van der Waals surface area contributed by atoms with Crippen molar-refractivity contribution in [3.63, 3.8) is 0 Å². The predicted octanol–water partition coefficient (Wildman–Crippen LogP) is 4.20. The fourth-order valence-electron chi connectivity index (χ4n) is 0.900. The lowest BCUT2D eigenvalue weighted by molar-refractivity contribution is -0.0563. The highest BCUT2D eigenvalue weighted by molar-refractivity contribution is 8.00. The summed E-state index contributed by atoms with van der Waals surface area (Å²) in [6.07, 6.45) is -3.89. The minimum Gasteiger partial charge on any atom is -0.394 e. The normalized spacial score (nSPS) is 14.4. The molecule has 0 fully saturated rings. The molecule has 1 unspecified atom stereocenters. The number of hydrogen-bond acceptors (Lipinski definition) is 3. The molecule has 0 aromatic heterocycles. The Kier molecular flexibility index (Phi) is 5.30. The van der Waals surface area contributed by atoms with Gasteiger partial charge in [-0.05, 0) is 36.0 Å². The molecule has 20 heavy (non-hydrogen) atoms. The van der Waals surface area contributed by atoms with E-state index in [1.807, 2.05) is 0 Å². The summed E-state index contributed by atoms with van der Waals surface area (Å²) < 4.78 is 99.5. The van der Waals surface area contributed by atoms with Crippen molar-refractivity contribution in [1.29, 1.82) is 0 Å². The van der Waals surface area contributed by atoms with Crippen LogP contribution in [0.4, 0.5) is 30.7 Å². The van der Waals surface area contributed by atoms with Gasteiger partial charge in [-0.3, -0.25) is 0 Å². The lowest BCUT2D eigenvalue weighted by Gasteiger charge is -2.14. The van der Waals surface area contributed by atoms with Crippen molar-refractivity contribution in [2.45, 2.75) is 22.1 Å². The molecule has 1 rings (SSSR count). The Morgan fingerprint density at radius 1 is 1.05 bits per heavy atom. The zero-order chi connectivity index (χ0) is 15.6. The Labute approximate surface area is 115 Å². The van der Waals surface area contributed by atoms with E-state index in [9.17, 15) is 34.9 Å². The van der Waals surface area contributed by atoms with Gasteiger partial charge in [-0.25, -0.2) is 13.0 Å². The van der Waals surface area contributed by atoms with Gasteiger partial charge in [0.1, 0.15) is 5.75 Å². The molecule has 1 aromatic rings. The van der Waals surface area contributed by atoms with E-state index >= 15 is 0 Å². The molecule has 0 saturated heterocycles. The van der Waals surface area contributed by atoms with Crippen LogP contribution in [0.25, 0.3) is 0 Å². The number of benzene rings is 1. The molecule has 0 aliphatic carbocycles. The van der Waals surface area contributed by atoms with Gasteiger partial charge in [0.05, 0.1) is 0 Å². The van der Waals surface area contributed by atoms with Crippen LogP contribution in [-0.4, -0.2) is 21.4 Å². The van der Waals surface area contributed by atoms with Gasteiger partial charge in [-0.1, -0.05) is 0 Å². The van der Waals surface area contributed by atoms with E-state index in [2.05, 4.69) is 4.18 Å². The van der Waals surface area contributed by atoms with Crippen molar-refractivity contribution < 1.29 is 39.1 Å². The first-order valence-corrected chi connectivity index (χ1v) is 6.53. The van der Waals surface area contributed by atoms with Gasteiger partial charge >= 0.3 is 28.3 Å². The van der Waals surface area contributed by atoms with E-state index in [1.54, 1.807) is 0 Å². The molecule has 1 atom stereocenters. The minimum atomic E-state index is -5.09. The van der Waals surface area contributed by atoms with E-state index in [4.69, 9.17) is 0 Å². The molecular weight excluding hydrogens is 337 g/mol. The van der Waals surface area contributed by atoms with E-state index in [0.717, 1.165) is 24.3 Å². The third-order valence-electron chi connectivity index (χ3n) is 1.69. The van der Waals surface area contributed by atoms with E-state index < -0.39 is 45.8 Å². The largest absolute Gasteiger partial charge is 0.508 e. The average Bonchev–Trinajstić information content (AvgIpc) is 2.29. The Hall–Kier alpha value is -0.970. The monoisotopic (exact) mass is 342 g/mol. The molecule has 11 heteroatoms. The minimum absolute atomic E-state index is 0.305. The van der Waals surface area contributed by atoms with Crippen LogP contribution in [0, 0.1) is 0 Å². The number of rotatable bonds is 5. The Morgan fingerprint density at radius 2 is 1.55 bits per heavy atom. The molecule has 0 aliphatic rings. The first-order chi connectivity index (χ1) is 9.02. The smallest absolute Gasteiger partial charge is 0.394 e. The molecule has 0 saturated carbocycles. The number of alkyl halides is 7. The van der Waals surface area contributed by atoms with Crippen LogP contribution in [0.5, 0.6) is 5.75 Å². The van der Waals surface area contributed by atoms with E-state index in [1.165, 1.54) is 0 Å². The summed E-state index contributed by atoms with van der Waals surface area (Å²) in [7, 11) is 0. The van der Waals surface area contributed by atoms with Crippen LogP contribution in [0.1, 0.15) is 0 Å². The van der Waals surface area contributed by atoms with Gasteiger partial charge < -0.3 is 4.18 Å². The quantitative estimate of drug-likeness (QED) is 0.593. The third-order valence-corrected chi connectivity index (χ3v) is 3.37. The summed E-state index contributed by atoms with van der Waals surface area (Å²) in [4.78, 5) is -0.305. The number of halogens is 7. The second kappa shape index (κ2) is 6.20. The molecule has 0 N–H and O–H groups in total. The molecule has 0 aliphatic heterocycles. The zero-order valence-electron chi connectivity index (χ0n) is 9.17. The van der Waals surface area contributed by atoms with Crippen LogP contribution < -0.4 is 4.18 Å². The van der Waals surface area contributed by atoms with Gasteiger partial charge in [0.25, 0.3) is 0 Å². The second-order valence-electron chi connectivity index (χ2n) is 3.20. The molecule has 0 radical (unpaired) electrons. The van der Waals surface area contributed by atoms with Crippen molar-refractivity contribution >= 4 is 22.8 Å². The van der Waals surface area contributed by atoms with Gasteiger partial charge in [-0.2, -0.15) is 22.0 Å². The van der Waals surface area contributed by atoms with Crippen molar-refractivity contribution in [3.05, 3.63) is 24.3 Å². The fourth-order valence-corrected chi connectivity index (χ4v) is 1.96. The molecule has 2 nitrogen and oxygen atoms in total. The molecule has 0 heterocycles. The first kappa shape index (κ1) is 17.1. The summed E-state index contributed by atoms with van der Waals surface area (Å²) in [5, 5.41) is -4.32. The standard InChI is InChI=1S/C9H5F7O2S2/c10-7(11)8(12,13)19-6-3-1-5(2-4-6)18-20(17)9(14,15)16/h1-4,7H. The van der Waals surface area contributed by atoms with E-state index in [-0.39, 0.29) is 4.90 Å². The van der Waals surface area contributed by atoms with Crippen LogP contribution in [0.3, 0.4) is 0 Å². The molecule has 0 spiro atoms. The van der Waals surface area contributed by atoms with E-state index in [0.29, 0.717) is 0 Å². The first-order valence-electron chi connectivity index (χ1n) is 4.64. The highest BCUT2D eigenvalue weighted by Gasteiger charge is 2.42. The maximum atomic E-state index is 12.7. The molecule has 0 amide bonds. The Balaban J connectivity index is 2.73. The lowest BCUT2D eigenvalue weighted by atomic mass is 10.3. The summed E-state index contributed by atoms with van der Waals surface area (Å²) >= 11 is -4.05. The van der Waals surface area contributed by atoms with Crippen LogP contribution in [-0.2, 0) is 11.1 Å². The number of hydrogen-bond donors (Lipinski definition) is 0. The van der Waals surface area contributed by atoms with Gasteiger partial charge in [0, 0.05) is 4.90 Å². The predicted molar refractivity (Wildman–Crippen MR) is 58.1 cm³/mol.